The number of ether oxygens (including phenoxy) is 1. The summed E-state index contributed by atoms with van der Waals surface area (Å²) in [5.74, 6) is 0.886. The predicted octanol–water partition coefficient (Wildman–Crippen LogP) is 2.95. The molecule has 1 unspecified atom stereocenters. The lowest BCUT2D eigenvalue weighted by molar-refractivity contribution is 0.264. The Morgan fingerprint density at radius 3 is 3.00 bits per heavy atom. The molecule has 0 bridgehead atoms. The van der Waals surface area contributed by atoms with Crippen molar-refractivity contribution in [3.05, 3.63) is 29.3 Å². The van der Waals surface area contributed by atoms with Crippen molar-refractivity contribution >= 4 is 0 Å². The van der Waals surface area contributed by atoms with Crippen LogP contribution < -0.4 is 10.5 Å². The molecule has 0 fully saturated rings. The molecular weight excluding hydrogens is 224 g/mol. The fourth-order valence-corrected chi connectivity index (χ4v) is 2.20. The van der Waals surface area contributed by atoms with E-state index in [0.29, 0.717) is 6.61 Å². The minimum absolute atomic E-state index is 0.187. The first-order valence-corrected chi connectivity index (χ1v) is 6.44. The minimum Gasteiger partial charge on any atom is -0.494 e. The molecule has 3 nitrogen and oxygen atoms in total. The number of aryl methyl sites for hydroxylation is 1. The van der Waals surface area contributed by atoms with Crippen LogP contribution in [0.15, 0.2) is 18.2 Å². The van der Waals surface area contributed by atoms with E-state index in [-0.39, 0.29) is 11.5 Å². The monoisotopic (exact) mass is 244 g/mol. The molecule has 0 aliphatic heterocycles. The first kappa shape index (κ1) is 12.9. The fraction of sp³-hybridized carbons (Fsp3) is 0.533. The summed E-state index contributed by atoms with van der Waals surface area (Å²) in [6.07, 6.45) is 2.80. The van der Waals surface area contributed by atoms with Gasteiger partial charge in [0, 0.05) is 6.04 Å². The zero-order valence-electron chi connectivity index (χ0n) is 11.1. The second kappa shape index (κ2) is 4.99. The quantitative estimate of drug-likeness (QED) is 0.885. The summed E-state index contributed by atoms with van der Waals surface area (Å²) in [7, 11) is 0. The Hall–Kier alpha value is -1.53. The molecule has 96 valence electrons. The second-order valence-electron chi connectivity index (χ2n) is 5.60. The average Bonchev–Trinajstić information content (AvgIpc) is 2.71. The summed E-state index contributed by atoms with van der Waals surface area (Å²) >= 11 is 0. The van der Waals surface area contributed by atoms with Gasteiger partial charge in [0.1, 0.15) is 5.75 Å². The Balaban J connectivity index is 1.94. The first-order valence-electron chi connectivity index (χ1n) is 6.44. The highest BCUT2D eigenvalue weighted by atomic mass is 16.5. The number of nitrogens with two attached hydrogens (primary N) is 1. The molecule has 0 heterocycles. The number of nitriles is 1. The minimum atomic E-state index is -0.320. The van der Waals surface area contributed by atoms with Gasteiger partial charge in [0.15, 0.2) is 0 Å². The van der Waals surface area contributed by atoms with Gasteiger partial charge in [-0.05, 0) is 56.4 Å². The summed E-state index contributed by atoms with van der Waals surface area (Å²) in [5.41, 5.74) is 8.23. The van der Waals surface area contributed by atoms with Crippen LogP contribution in [0.2, 0.25) is 0 Å². The lowest BCUT2D eigenvalue weighted by Gasteiger charge is -2.15. The lowest BCUT2D eigenvalue weighted by Crippen LogP contribution is -2.13. The van der Waals surface area contributed by atoms with Gasteiger partial charge in [-0.15, -0.1) is 0 Å². The molecule has 0 amide bonds. The number of rotatable bonds is 4. The second-order valence-corrected chi connectivity index (χ2v) is 5.60. The van der Waals surface area contributed by atoms with E-state index in [1.807, 2.05) is 19.9 Å². The third kappa shape index (κ3) is 2.83. The summed E-state index contributed by atoms with van der Waals surface area (Å²) in [6, 6.07) is 8.59. The Morgan fingerprint density at radius 1 is 1.50 bits per heavy atom. The summed E-state index contributed by atoms with van der Waals surface area (Å²) in [6.45, 7) is 4.43. The Bertz CT molecular complexity index is 474. The molecule has 0 saturated carbocycles. The molecule has 0 saturated heterocycles. The zero-order chi connectivity index (χ0) is 13.2. The van der Waals surface area contributed by atoms with Crippen LogP contribution in [0, 0.1) is 16.7 Å². The van der Waals surface area contributed by atoms with Crippen molar-refractivity contribution in [3.63, 3.8) is 0 Å². The van der Waals surface area contributed by atoms with Crippen molar-refractivity contribution in [3.8, 4) is 11.8 Å². The van der Waals surface area contributed by atoms with Gasteiger partial charge < -0.3 is 10.5 Å². The Morgan fingerprint density at radius 2 is 2.28 bits per heavy atom. The van der Waals surface area contributed by atoms with Gasteiger partial charge >= 0.3 is 0 Å². The van der Waals surface area contributed by atoms with Gasteiger partial charge in [0.2, 0.25) is 0 Å². The van der Waals surface area contributed by atoms with Crippen molar-refractivity contribution in [2.75, 3.05) is 6.61 Å². The summed E-state index contributed by atoms with van der Waals surface area (Å²) in [4.78, 5) is 0. The van der Waals surface area contributed by atoms with Crippen LogP contribution in [-0.2, 0) is 6.42 Å². The van der Waals surface area contributed by atoms with Crippen LogP contribution in [-0.4, -0.2) is 6.61 Å². The van der Waals surface area contributed by atoms with E-state index in [1.54, 1.807) is 0 Å². The average molecular weight is 244 g/mol. The van der Waals surface area contributed by atoms with Gasteiger partial charge in [-0.2, -0.15) is 5.26 Å². The maximum absolute atomic E-state index is 8.93. The molecule has 0 aromatic heterocycles. The molecule has 1 atom stereocenters. The van der Waals surface area contributed by atoms with E-state index < -0.39 is 0 Å². The lowest BCUT2D eigenvalue weighted by atomic mass is 9.92. The maximum Gasteiger partial charge on any atom is 0.119 e. The van der Waals surface area contributed by atoms with Crippen molar-refractivity contribution in [1.29, 1.82) is 5.26 Å². The molecule has 18 heavy (non-hydrogen) atoms. The van der Waals surface area contributed by atoms with Crippen molar-refractivity contribution in [1.82, 2.24) is 0 Å². The van der Waals surface area contributed by atoms with Gasteiger partial charge in [0.25, 0.3) is 0 Å². The van der Waals surface area contributed by atoms with Gasteiger partial charge in [-0.3, -0.25) is 0 Å². The van der Waals surface area contributed by atoms with E-state index in [4.69, 9.17) is 15.7 Å². The summed E-state index contributed by atoms with van der Waals surface area (Å²) in [5, 5.41) is 8.93. The number of benzene rings is 1. The van der Waals surface area contributed by atoms with Crippen LogP contribution in [0.3, 0.4) is 0 Å². The molecule has 1 aromatic rings. The molecule has 1 aromatic carbocycles. The van der Waals surface area contributed by atoms with E-state index >= 15 is 0 Å². The van der Waals surface area contributed by atoms with Crippen LogP contribution in [0.5, 0.6) is 5.75 Å². The topological polar surface area (TPSA) is 59.0 Å². The Labute approximate surface area is 109 Å². The standard InChI is InChI=1S/C15H20N2O/c1-15(2,10-16)7-8-18-12-4-5-13-11(9-12)3-6-14(13)17/h4-5,9,14H,3,6-8,17H2,1-2H3. The van der Waals surface area contributed by atoms with Crippen molar-refractivity contribution < 1.29 is 4.74 Å². The van der Waals surface area contributed by atoms with E-state index in [0.717, 1.165) is 25.0 Å². The zero-order valence-corrected chi connectivity index (χ0v) is 11.1. The molecule has 2 rings (SSSR count). The molecule has 2 N–H and O–H groups in total. The van der Waals surface area contributed by atoms with Crippen LogP contribution >= 0.6 is 0 Å². The SMILES string of the molecule is CC(C)(C#N)CCOc1ccc2c(c1)CCC2N. The molecule has 0 spiro atoms. The normalized spacial score (nSPS) is 18.2. The third-order valence-electron chi connectivity index (χ3n) is 3.54. The van der Waals surface area contributed by atoms with Crippen molar-refractivity contribution in [2.24, 2.45) is 11.1 Å². The highest BCUT2D eigenvalue weighted by Crippen LogP contribution is 2.32. The predicted molar refractivity (Wildman–Crippen MR) is 71.2 cm³/mol. The molecule has 1 aliphatic carbocycles. The third-order valence-corrected chi connectivity index (χ3v) is 3.54. The Kier molecular flexibility index (Phi) is 3.58. The summed E-state index contributed by atoms with van der Waals surface area (Å²) < 4.78 is 5.71. The van der Waals surface area contributed by atoms with E-state index in [9.17, 15) is 0 Å². The van der Waals surface area contributed by atoms with E-state index in [1.165, 1.54) is 11.1 Å². The van der Waals surface area contributed by atoms with Gasteiger partial charge in [-0.25, -0.2) is 0 Å². The number of hydrogen-bond acceptors (Lipinski definition) is 3. The van der Waals surface area contributed by atoms with Crippen molar-refractivity contribution in [2.45, 2.75) is 39.2 Å². The number of fused-ring (bicyclic) bond motifs is 1. The first-order chi connectivity index (χ1) is 8.52. The largest absolute Gasteiger partial charge is 0.494 e. The van der Waals surface area contributed by atoms with Crippen LogP contribution in [0.25, 0.3) is 0 Å². The van der Waals surface area contributed by atoms with Gasteiger partial charge in [0.05, 0.1) is 18.1 Å². The highest BCUT2D eigenvalue weighted by Gasteiger charge is 2.20. The smallest absolute Gasteiger partial charge is 0.119 e. The molecule has 1 aliphatic rings. The highest BCUT2D eigenvalue weighted by molar-refractivity contribution is 5.40. The van der Waals surface area contributed by atoms with E-state index in [2.05, 4.69) is 18.2 Å². The molecular formula is C15H20N2O. The fourth-order valence-electron chi connectivity index (χ4n) is 2.20. The number of nitrogens with zero attached hydrogens (tertiary/aromatic N) is 1. The molecule has 3 heteroatoms. The van der Waals surface area contributed by atoms with Crippen LogP contribution in [0.1, 0.15) is 43.9 Å². The molecule has 0 radical (unpaired) electrons. The van der Waals surface area contributed by atoms with Gasteiger partial charge in [-0.1, -0.05) is 6.07 Å². The number of hydrogen-bond donors (Lipinski definition) is 1. The van der Waals surface area contributed by atoms with Crippen LogP contribution in [0.4, 0.5) is 0 Å². The maximum atomic E-state index is 8.93.